The predicted octanol–water partition coefficient (Wildman–Crippen LogP) is 2.73. The van der Waals surface area contributed by atoms with Crippen LogP contribution < -0.4 is 4.74 Å². The van der Waals surface area contributed by atoms with Gasteiger partial charge in [-0.25, -0.2) is 0 Å². The van der Waals surface area contributed by atoms with Crippen molar-refractivity contribution in [3.63, 3.8) is 0 Å². The van der Waals surface area contributed by atoms with Crippen molar-refractivity contribution in [2.45, 2.75) is 19.8 Å². The average molecular weight is 300 g/mol. The molecule has 1 saturated carbocycles. The summed E-state index contributed by atoms with van der Waals surface area (Å²) in [5, 5.41) is 0. The molecule has 4 atom stereocenters. The van der Waals surface area contributed by atoms with E-state index in [1.807, 2.05) is 38.1 Å². The number of hydrogen-bond acceptors (Lipinski definition) is 4. The average Bonchev–Trinajstić information content (AvgIpc) is 2.51. The Morgan fingerprint density at radius 3 is 2.18 bits per heavy atom. The predicted molar refractivity (Wildman–Crippen MR) is 81.6 cm³/mol. The van der Waals surface area contributed by atoms with Crippen LogP contribution in [0.25, 0.3) is 0 Å². The molecule has 22 heavy (non-hydrogen) atoms. The lowest BCUT2D eigenvalue weighted by atomic mass is 9.42. The Bertz CT molecular complexity index is 658. The molecule has 2 aliphatic rings. The molecule has 0 saturated heterocycles. The lowest BCUT2D eigenvalue weighted by Crippen LogP contribution is -2.61. The summed E-state index contributed by atoms with van der Waals surface area (Å²) < 4.78 is 10.2. The Labute approximate surface area is 130 Å². The summed E-state index contributed by atoms with van der Waals surface area (Å²) in [6.07, 6.45) is 1.36. The first-order chi connectivity index (χ1) is 10.4. The van der Waals surface area contributed by atoms with Crippen LogP contribution in [0.15, 0.2) is 36.1 Å². The highest BCUT2D eigenvalue weighted by Crippen LogP contribution is 2.63. The van der Waals surface area contributed by atoms with Gasteiger partial charge in [0.25, 0.3) is 0 Å². The van der Waals surface area contributed by atoms with E-state index < -0.39 is 5.41 Å². The van der Waals surface area contributed by atoms with Crippen LogP contribution in [0, 0.1) is 17.3 Å². The van der Waals surface area contributed by atoms with E-state index in [4.69, 9.17) is 9.47 Å². The van der Waals surface area contributed by atoms with Gasteiger partial charge in [-0.15, -0.1) is 0 Å². The van der Waals surface area contributed by atoms with Gasteiger partial charge in [-0.05, 0) is 23.6 Å². The molecule has 0 aromatic heterocycles. The second-order valence-corrected chi connectivity index (χ2v) is 6.31. The first-order valence-corrected chi connectivity index (χ1v) is 7.43. The van der Waals surface area contributed by atoms with Crippen molar-refractivity contribution in [1.82, 2.24) is 0 Å². The monoisotopic (exact) mass is 300 g/mol. The Morgan fingerprint density at radius 1 is 1.00 bits per heavy atom. The maximum absolute atomic E-state index is 12.6. The van der Waals surface area contributed by atoms with E-state index in [9.17, 15) is 9.59 Å². The minimum Gasteiger partial charge on any atom is -0.497 e. The highest BCUT2D eigenvalue weighted by molar-refractivity contribution is 6.13. The Hall–Kier alpha value is -2.10. The first kappa shape index (κ1) is 14.8. The fourth-order valence-electron chi connectivity index (χ4n) is 4.30. The summed E-state index contributed by atoms with van der Waals surface area (Å²) in [5.74, 6) is 0.738. The van der Waals surface area contributed by atoms with Crippen LogP contribution in [0.4, 0.5) is 0 Å². The van der Waals surface area contributed by atoms with E-state index in [-0.39, 0.29) is 35.1 Å². The number of allylic oxidation sites excluding steroid dienone is 2. The van der Waals surface area contributed by atoms with Gasteiger partial charge in [0.2, 0.25) is 5.78 Å². The highest BCUT2D eigenvalue weighted by Gasteiger charge is 2.65. The quantitative estimate of drug-likeness (QED) is 0.861. The normalized spacial score (nSPS) is 33.6. The number of carbonyl (C=O) groups is 2. The van der Waals surface area contributed by atoms with Gasteiger partial charge in [-0.2, -0.15) is 0 Å². The van der Waals surface area contributed by atoms with Gasteiger partial charge in [0.1, 0.15) is 5.75 Å². The molecular formula is C18H20O4. The molecule has 1 aromatic rings. The molecule has 0 spiro atoms. The maximum atomic E-state index is 12.6. The number of hydrogen-bond donors (Lipinski definition) is 0. The standard InChI is InChI=1S/C18H20O4/c1-10-15(11-5-7-12(21-3)8-6-11)18(2)14(19)9-13(22-4)17(20)16(10)18/h5-10,15-16H,1-4H3/t10-,15+,16?,18?/m0/s1. The molecule has 2 aliphatic carbocycles. The molecule has 4 heteroatoms. The Kier molecular flexibility index (Phi) is 3.35. The van der Waals surface area contributed by atoms with Crippen molar-refractivity contribution >= 4 is 11.6 Å². The van der Waals surface area contributed by atoms with Crippen molar-refractivity contribution < 1.29 is 19.1 Å². The number of ether oxygens (including phenoxy) is 2. The van der Waals surface area contributed by atoms with Crippen LogP contribution in [-0.2, 0) is 14.3 Å². The summed E-state index contributed by atoms with van der Waals surface area (Å²) in [6, 6.07) is 7.75. The second-order valence-electron chi connectivity index (χ2n) is 6.31. The fraction of sp³-hybridized carbons (Fsp3) is 0.444. The molecule has 4 nitrogen and oxygen atoms in total. The lowest BCUT2D eigenvalue weighted by molar-refractivity contribution is -0.158. The lowest BCUT2D eigenvalue weighted by Gasteiger charge is -2.58. The van der Waals surface area contributed by atoms with Crippen LogP contribution >= 0.6 is 0 Å². The van der Waals surface area contributed by atoms with E-state index >= 15 is 0 Å². The highest BCUT2D eigenvalue weighted by atomic mass is 16.5. The molecule has 3 rings (SSSR count). The first-order valence-electron chi connectivity index (χ1n) is 7.43. The van der Waals surface area contributed by atoms with Gasteiger partial charge in [-0.3, -0.25) is 9.59 Å². The number of rotatable bonds is 3. The van der Waals surface area contributed by atoms with E-state index in [1.54, 1.807) is 7.11 Å². The molecule has 2 unspecified atom stereocenters. The largest absolute Gasteiger partial charge is 0.497 e. The third-order valence-electron chi connectivity index (χ3n) is 5.36. The van der Waals surface area contributed by atoms with Crippen LogP contribution in [-0.4, -0.2) is 25.8 Å². The van der Waals surface area contributed by atoms with Gasteiger partial charge >= 0.3 is 0 Å². The number of methoxy groups -OCH3 is 2. The van der Waals surface area contributed by atoms with E-state index in [1.165, 1.54) is 13.2 Å². The SMILES string of the molecule is COC1=CC(=O)C2(C)C(C1=O)[C@@H](C)[C@@H]2c1ccc(OC)cc1. The molecule has 0 radical (unpaired) electrons. The van der Waals surface area contributed by atoms with E-state index in [2.05, 4.69) is 0 Å². The van der Waals surface area contributed by atoms with Gasteiger partial charge in [0.15, 0.2) is 11.5 Å². The zero-order valence-electron chi connectivity index (χ0n) is 13.3. The minimum absolute atomic E-state index is 0.0205. The van der Waals surface area contributed by atoms with Gasteiger partial charge in [-0.1, -0.05) is 26.0 Å². The van der Waals surface area contributed by atoms with Crippen LogP contribution in [0.5, 0.6) is 5.75 Å². The third kappa shape index (κ3) is 1.76. The smallest absolute Gasteiger partial charge is 0.201 e. The molecule has 0 N–H and O–H groups in total. The number of Topliss-reactive ketones (excluding diaryl/α,β-unsaturated/α-hetero) is 1. The molecule has 0 amide bonds. The topological polar surface area (TPSA) is 52.6 Å². The van der Waals surface area contributed by atoms with Crippen molar-refractivity contribution in [1.29, 1.82) is 0 Å². The number of carbonyl (C=O) groups excluding carboxylic acids is 2. The zero-order chi connectivity index (χ0) is 16.1. The zero-order valence-corrected chi connectivity index (χ0v) is 13.3. The van der Waals surface area contributed by atoms with Crippen LogP contribution in [0.3, 0.4) is 0 Å². The fourth-order valence-corrected chi connectivity index (χ4v) is 4.30. The summed E-state index contributed by atoms with van der Waals surface area (Å²) in [5.41, 5.74) is 0.398. The Balaban J connectivity index is 2.00. The van der Waals surface area contributed by atoms with E-state index in [0.717, 1.165) is 11.3 Å². The van der Waals surface area contributed by atoms with Crippen molar-refractivity contribution in [2.24, 2.45) is 17.3 Å². The number of fused-ring (bicyclic) bond motifs is 1. The number of benzene rings is 1. The molecule has 0 bridgehead atoms. The van der Waals surface area contributed by atoms with Crippen molar-refractivity contribution in [3.05, 3.63) is 41.7 Å². The molecule has 1 fully saturated rings. The van der Waals surface area contributed by atoms with Crippen LogP contribution in [0.2, 0.25) is 0 Å². The van der Waals surface area contributed by atoms with Gasteiger partial charge in [0.05, 0.1) is 14.2 Å². The minimum atomic E-state index is -0.673. The van der Waals surface area contributed by atoms with E-state index in [0.29, 0.717) is 0 Å². The summed E-state index contributed by atoms with van der Waals surface area (Å²) >= 11 is 0. The Morgan fingerprint density at radius 2 is 1.64 bits per heavy atom. The number of ketones is 2. The van der Waals surface area contributed by atoms with Crippen molar-refractivity contribution in [2.75, 3.05) is 14.2 Å². The summed E-state index contributed by atoms with van der Waals surface area (Å²) in [7, 11) is 3.06. The molecule has 1 aromatic carbocycles. The summed E-state index contributed by atoms with van der Waals surface area (Å²) in [4.78, 5) is 25.1. The molecule has 116 valence electrons. The molecule has 0 heterocycles. The molecular weight excluding hydrogens is 280 g/mol. The summed E-state index contributed by atoms with van der Waals surface area (Å²) in [6.45, 7) is 3.93. The van der Waals surface area contributed by atoms with Gasteiger partial charge < -0.3 is 9.47 Å². The third-order valence-corrected chi connectivity index (χ3v) is 5.36. The second kappa shape index (κ2) is 4.97. The van der Waals surface area contributed by atoms with Crippen molar-refractivity contribution in [3.8, 4) is 5.75 Å². The molecule has 0 aliphatic heterocycles. The maximum Gasteiger partial charge on any atom is 0.201 e. The van der Waals surface area contributed by atoms with Gasteiger partial charge in [0, 0.05) is 23.3 Å². The van der Waals surface area contributed by atoms with Crippen LogP contribution in [0.1, 0.15) is 25.3 Å².